The molecule has 1 atom stereocenters. The molecular weight excluding hydrogens is 450 g/mol. The molecule has 2 N–H and O–H groups in total. The number of amides is 1. The molecule has 0 aliphatic carbocycles. The topological polar surface area (TPSA) is 79.9 Å². The fraction of sp³-hybridized carbons (Fsp3) is 0.423. The van der Waals surface area contributed by atoms with Gasteiger partial charge in [0.15, 0.2) is 11.7 Å². The molecule has 2 aliphatic heterocycles. The molecule has 180 valence electrons. The maximum atomic E-state index is 12.9. The minimum absolute atomic E-state index is 0.0212. The largest absolute Gasteiger partial charge is 0.483 e. The van der Waals surface area contributed by atoms with Crippen molar-refractivity contribution in [2.24, 2.45) is 0 Å². The van der Waals surface area contributed by atoms with Crippen LogP contribution in [0, 0.1) is 0 Å². The second kappa shape index (κ2) is 10.9. The van der Waals surface area contributed by atoms with Gasteiger partial charge in [-0.1, -0.05) is 43.2 Å². The molecule has 2 aromatic rings. The normalized spacial score (nSPS) is 18.7. The zero-order valence-corrected chi connectivity index (χ0v) is 20.5. The maximum absolute atomic E-state index is 12.9. The molecule has 34 heavy (non-hydrogen) atoms. The van der Waals surface area contributed by atoms with E-state index in [4.69, 9.17) is 21.7 Å². The minimum atomic E-state index is -0.581. The molecule has 7 nitrogen and oxygen atoms in total. The van der Waals surface area contributed by atoms with Crippen LogP contribution >= 0.6 is 12.2 Å². The Morgan fingerprint density at radius 1 is 1.09 bits per heavy atom. The second-order valence-electron chi connectivity index (χ2n) is 8.57. The molecule has 0 radical (unpaired) electrons. The number of nitrogens with one attached hydrogen (secondary N) is 2. The Morgan fingerprint density at radius 2 is 1.82 bits per heavy atom. The van der Waals surface area contributed by atoms with E-state index >= 15 is 0 Å². The molecular formula is C26H31N3O4S. The van der Waals surface area contributed by atoms with E-state index in [1.807, 2.05) is 41.3 Å². The van der Waals surface area contributed by atoms with E-state index in [-0.39, 0.29) is 19.1 Å². The molecule has 0 aromatic heterocycles. The van der Waals surface area contributed by atoms with Crippen LogP contribution in [0.2, 0.25) is 0 Å². The zero-order valence-electron chi connectivity index (χ0n) is 19.7. The van der Waals surface area contributed by atoms with Gasteiger partial charge in [0.05, 0.1) is 18.2 Å². The van der Waals surface area contributed by atoms with Crippen LogP contribution in [0.4, 0.5) is 0 Å². The van der Waals surface area contributed by atoms with Crippen LogP contribution in [0.25, 0.3) is 10.8 Å². The smallest absolute Gasteiger partial charge is 0.338 e. The monoisotopic (exact) mass is 481 g/mol. The number of carbonyl (C=O) groups is 2. The summed E-state index contributed by atoms with van der Waals surface area (Å²) in [5.41, 5.74) is 1.83. The quantitative estimate of drug-likeness (QED) is 0.477. The molecule has 1 saturated heterocycles. The van der Waals surface area contributed by atoms with E-state index in [0.717, 1.165) is 55.1 Å². The lowest BCUT2D eigenvalue weighted by molar-refractivity contribution is -0.139. The summed E-state index contributed by atoms with van der Waals surface area (Å²) >= 11 is 5.42. The van der Waals surface area contributed by atoms with Crippen molar-refractivity contribution < 1.29 is 19.1 Å². The molecule has 2 aliphatic rings. The third-order valence-corrected chi connectivity index (χ3v) is 6.51. The number of hydrogen-bond donors (Lipinski definition) is 2. The summed E-state index contributed by atoms with van der Waals surface area (Å²) in [4.78, 5) is 27.7. The number of nitrogens with zero attached hydrogens (tertiary/aromatic N) is 1. The number of allylic oxidation sites excluding steroid dienone is 1. The van der Waals surface area contributed by atoms with Gasteiger partial charge in [0.2, 0.25) is 0 Å². The first-order valence-electron chi connectivity index (χ1n) is 11.9. The lowest BCUT2D eigenvalue weighted by atomic mass is 9.90. The first-order valence-corrected chi connectivity index (χ1v) is 12.3. The predicted molar refractivity (Wildman–Crippen MR) is 135 cm³/mol. The van der Waals surface area contributed by atoms with E-state index in [0.29, 0.717) is 22.1 Å². The van der Waals surface area contributed by atoms with Crippen LogP contribution in [0.1, 0.15) is 51.1 Å². The van der Waals surface area contributed by atoms with Crippen molar-refractivity contribution in [3.8, 4) is 5.75 Å². The van der Waals surface area contributed by atoms with Crippen LogP contribution in [0.5, 0.6) is 5.75 Å². The number of carbonyl (C=O) groups excluding carboxylic acids is 2. The Kier molecular flexibility index (Phi) is 7.67. The van der Waals surface area contributed by atoms with Crippen LogP contribution in [0.3, 0.4) is 0 Å². The third-order valence-electron chi connectivity index (χ3n) is 6.29. The van der Waals surface area contributed by atoms with Gasteiger partial charge in [-0.25, -0.2) is 4.79 Å². The number of rotatable bonds is 6. The molecule has 0 spiro atoms. The van der Waals surface area contributed by atoms with Gasteiger partial charge >= 0.3 is 5.97 Å². The first kappa shape index (κ1) is 24.0. The summed E-state index contributed by atoms with van der Waals surface area (Å²) < 4.78 is 11.5. The fourth-order valence-corrected chi connectivity index (χ4v) is 4.91. The summed E-state index contributed by atoms with van der Waals surface area (Å²) in [6.45, 7) is 5.32. The van der Waals surface area contributed by atoms with Gasteiger partial charge < -0.3 is 25.0 Å². The average Bonchev–Trinajstić information content (AvgIpc) is 3.11. The molecule has 0 unspecified atom stereocenters. The Morgan fingerprint density at radius 3 is 2.56 bits per heavy atom. The van der Waals surface area contributed by atoms with Gasteiger partial charge in [-0.3, -0.25) is 4.79 Å². The van der Waals surface area contributed by atoms with Crippen LogP contribution in [-0.2, 0) is 14.3 Å². The van der Waals surface area contributed by atoms with Crippen molar-refractivity contribution in [3.05, 3.63) is 53.2 Å². The van der Waals surface area contributed by atoms with Crippen LogP contribution in [-0.4, -0.2) is 48.2 Å². The van der Waals surface area contributed by atoms with Crippen molar-refractivity contribution in [1.29, 1.82) is 0 Å². The van der Waals surface area contributed by atoms with E-state index in [9.17, 15) is 9.59 Å². The standard InChI is InChI=1S/C26H31N3O4S/c1-3-32-25(31)22-17(2)27-26(34)28-24(22)23-19-11-7-6-10-18(19)12-13-20(23)33-16-21(30)29-14-8-4-5-9-15-29/h6-7,10-13,24H,3-5,8-9,14-16H2,1-2H3,(H2,27,28,34)/t24-/m0/s1. The number of ether oxygens (including phenoxy) is 2. The third kappa shape index (κ3) is 5.17. The van der Waals surface area contributed by atoms with Gasteiger partial charge in [0.1, 0.15) is 5.75 Å². The van der Waals surface area contributed by atoms with Gasteiger partial charge in [0, 0.05) is 24.4 Å². The molecule has 2 aromatic carbocycles. The van der Waals surface area contributed by atoms with E-state index in [2.05, 4.69) is 10.6 Å². The molecule has 0 bridgehead atoms. The lowest BCUT2D eigenvalue weighted by Crippen LogP contribution is -2.45. The van der Waals surface area contributed by atoms with Crippen LogP contribution < -0.4 is 15.4 Å². The summed E-state index contributed by atoms with van der Waals surface area (Å²) in [6, 6.07) is 11.1. The highest BCUT2D eigenvalue weighted by Crippen LogP contribution is 2.39. The summed E-state index contributed by atoms with van der Waals surface area (Å²) in [6.07, 6.45) is 4.36. The number of thiocarbonyl (C=S) groups is 1. The van der Waals surface area contributed by atoms with Gasteiger partial charge in [0.25, 0.3) is 5.91 Å². The number of fused-ring (bicyclic) bond motifs is 1. The minimum Gasteiger partial charge on any atom is -0.483 e. The van der Waals surface area contributed by atoms with Crippen molar-refractivity contribution in [2.45, 2.75) is 45.6 Å². The zero-order chi connectivity index (χ0) is 24.1. The van der Waals surface area contributed by atoms with Crippen molar-refractivity contribution in [1.82, 2.24) is 15.5 Å². The second-order valence-corrected chi connectivity index (χ2v) is 8.98. The molecule has 8 heteroatoms. The number of likely N-dealkylation sites (tertiary alicyclic amines) is 1. The number of esters is 1. The number of hydrogen-bond acceptors (Lipinski definition) is 5. The Balaban J connectivity index is 1.72. The van der Waals surface area contributed by atoms with Crippen LogP contribution in [0.15, 0.2) is 47.7 Å². The highest BCUT2D eigenvalue weighted by atomic mass is 32.1. The highest BCUT2D eigenvalue weighted by Gasteiger charge is 2.34. The lowest BCUT2D eigenvalue weighted by Gasteiger charge is -2.31. The van der Waals surface area contributed by atoms with Gasteiger partial charge in [-0.15, -0.1) is 0 Å². The first-order chi connectivity index (χ1) is 16.5. The van der Waals surface area contributed by atoms with E-state index in [1.54, 1.807) is 13.8 Å². The predicted octanol–water partition coefficient (Wildman–Crippen LogP) is 3.98. The molecule has 0 saturated carbocycles. The van der Waals surface area contributed by atoms with E-state index < -0.39 is 12.0 Å². The molecule has 2 heterocycles. The maximum Gasteiger partial charge on any atom is 0.338 e. The fourth-order valence-electron chi connectivity index (χ4n) is 4.64. The highest BCUT2D eigenvalue weighted by molar-refractivity contribution is 7.80. The average molecular weight is 482 g/mol. The molecule has 1 fully saturated rings. The summed E-state index contributed by atoms with van der Waals surface area (Å²) in [5, 5.41) is 8.59. The molecule has 1 amide bonds. The van der Waals surface area contributed by atoms with Crippen molar-refractivity contribution in [2.75, 3.05) is 26.3 Å². The number of benzene rings is 2. The Hall–Kier alpha value is -3.13. The van der Waals surface area contributed by atoms with Crippen molar-refractivity contribution in [3.63, 3.8) is 0 Å². The Bertz CT molecular complexity index is 1120. The van der Waals surface area contributed by atoms with Crippen molar-refractivity contribution >= 4 is 40.0 Å². The Labute approximate surface area is 205 Å². The summed E-state index contributed by atoms with van der Waals surface area (Å²) in [5.74, 6) is 0.0952. The van der Waals surface area contributed by atoms with E-state index in [1.165, 1.54) is 0 Å². The summed E-state index contributed by atoms with van der Waals surface area (Å²) in [7, 11) is 0. The van der Waals surface area contributed by atoms with Gasteiger partial charge in [-0.05, 0) is 55.7 Å². The SMILES string of the molecule is CCOC(=O)C1=C(C)NC(=S)N[C@@H]1c1c(OCC(=O)N2CCCCCC2)ccc2ccccc12. The molecule has 4 rings (SSSR count). The van der Waals surface area contributed by atoms with Gasteiger partial charge in [-0.2, -0.15) is 0 Å².